The van der Waals surface area contributed by atoms with E-state index in [2.05, 4.69) is 15.2 Å². The average Bonchev–Trinajstić information content (AvgIpc) is 2.82. The van der Waals surface area contributed by atoms with E-state index in [4.69, 9.17) is 5.11 Å². The Bertz CT molecular complexity index is 725. The summed E-state index contributed by atoms with van der Waals surface area (Å²) in [5, 5.41) is 17.3. The van der Waals surface area contributed by atoms with Gasteiger partial charge in [-0.15, -0.1) is 11.3 Å². The maximum absolute atomic E-state index is 10.9. The molecular formula is C12H7N3O2S. The summed E-state index contributed by atoms with van der Waals surface area (Å²) >= 11 is 1.44. The summed E-state index contributed by atoms with van der Waals surface area (Å²) in [5.74, 6) is -0.933. The molecule has 2 heterocycles. The zero-order valence-electron chi connectivity index (χ0n) is 9.07. The number of thiazole rings is 1. The van der Waals surface area contributed by atoms with Crippen LogP contribution in [0.2, 0.25) is 0 Å². The van der Waals surface area contributed by atoms with Crippen molar-refractivity contribution in [2.45, 2.75) is 0 Å². The van der Waals surface area contributed by atoms with Crippen molar-refractivity contribution in [3.8, 4) is 10.6 Å². The van der Waals surface area contributed by atoms with Crippen molar-refractivity contribution in [2.75, 3.05) is 0 Å². The topological polar surface area (TPSA) is 76.0 Å². The van der Waals surface area contributed by atoms with Crippen molar-refractivity contribution in [3.05, 3.63) is 42.2 Å². The second kappa shape index (κ2) is 4.15. The first-order valence-corrected chi connectivity index (χ1v) is 5.96. The van der Waals surface area contributed by atoms with Crippen molar-refractivity contribution in [1.82, 2.24) is 15.2 Å². The fourth-order valence-corrected chi connectivity index (χ4v) is 2.59. The summed E-state index contributed by atoms with van der Waals surface area (Å²) < 4.78 is 0.849. The third-order valence-electron chi connectivity index (χ3n) is 2.47. The van der Waals surface area contributed by atoms with E-state index in [1.54, 1.807) is 30.6 Å². The highest BCUT2D eigenvalue weighted by Gasteiger charge is 2.09. The van der Waals surface area contributed by atoms with Crippen LogP contribution >= 0.6 is 11.3 Å². The van der Waals surface area contributed by atoms with Crippen molar-refractivity contribution in [1.29, 1.82) is 0 Å². The number of fused-ring (bicyclic) bond motifs is 1. The normalized spacial score (nSPS) is 10.7. The summed E-state index contributed by atoms with van der Waals surface area (Å²) in [6.45, 7) is 0. The van der Waals surface area contributed by atoms with Crippen LogP contribution in [0.5, 0.6) is 0 Å². The first kappa shape index (κ1) is 10.8. The van der Waals surface area contributed by atoms with Gasteiger partial charge in [-0.25, -0.2) is 9.78 Å². The van der Waals surface area contributed by atoms with E-state index in [0.29, 0.717) is 0 Å². The predicted molar refractivity (Wildman–Crippen MR) is 67.6 cm³/mol. The van der Waals surface area contributed by atoms with E-state index in [0.717, 1.165) is 20.8 Å². The Hall–Kier alpha value is -2.34. The number of aromatic carboxylic acids is 1. The molecule has 0 saturated heterocycles. The van der Waals surface area contributed by atoms with E-state index >= 15 is 0 Å². The second-order valence-electron chi connectivity index (χ2n) is 3.64. The Morgan fingerprint density at radius 2 is 2.11 bits per heavy atom. The molecule has 0 bridgehead atoms. The van der Waals surface area contributed by atoms with Gasteiger partial charge in [0.1, 0.15) is 5.01 Å². The van der Waals surface area contributed by atoms with E-state index in [1.165, 1.54) is 11.3 Å². The number of nitrogens with zero attached hydrogens (tertiary/aromatic N) is 3. The van der Waals surface area contributed by atoms with Gasteiger partial charge >= 0.3 is 5.97 Å². The molecule has 0 amide bonds. The molecule has 0 aliphatic heterocycles. The number of aromatic nitrogens is 3. The van der Waals surface area contributed by atoms with Crippen LogP contribution in [0.1, 0.15) is 10.4 Å². The molecule has 0 radical (unpaired) electrons. The Morgan fingerprint density at radius 1 is 1.22 bits per heavy atom. The molecular weight excluding hydrogens is 250 g/mol. The van der Waals surface area contributed by atoms with E-state index in [9.17, 15) is 4.79 Å². The highest BCUT2D eigenvalue weighted by Crippen LogP contribution is 2.29. The van der Waals surface area contributed by atoms with Gasteiger partial charge in [0.05, 0.1) is 28.2 Å². The minimum atomic E-state index is -0.933. The smallest absolute Gasteiger partial charge is 0.335 e. The third kappa shape index (κ3) is 1.82. The zero-order chi connectivity index (χ0) is 12.5. The molecule has 6 heteroatoms. The lowest BCUT2D eigenvalue weighted by Crippen LogP contribution is -1.94. The molecule has 0 fully saturated rings. The first-order valence-electron chi connectivity index (χ1n) is 5.15. The SMILES string of the molecule is O=C(O)c1ccc2nc(-c3ccnnc3)sc2c1. The molecule has 0 aliphatic rings. The molecule has 3 rings (SSSR count). The predicted octanol–water partition coefficient (Wildman–Crippen LogP) is 2.45. The number of rotatable bonds is 2. The Labute approximate surface area is 106 Å². The van der Waals surface area contributed by atoms with Gasteiger partial charge in [0.25, 0.3) is 0 Å². The van der Waals surface area contributed by atoms with Crippen molar-refractivity contribution in [2.24, 2.45) is 0 Å². The van der Waals surface area contributed by atoms with Crippen LogP contribution in [0, 0.1) is 0 Å². The number of benzene rings is 1. The monoisotopic (exact) mass is 257 g/mol. The second-order valence-corrected chi connectivity index (χ2v) is 4.67. The van der Waals surface area contributed by atoms with E-state index in [-0.39, 0.29) is 5.56 Å². The van der Waals surface area contributed by atoms with Gasteiger partial charge in [0.15, 0.2) is 0 Å². The summed E-state index contributed by atoms with van der Waals surface area (Å²) in [6.07, 6.45) is 3.24. The number of carbonyl (C=O) groups is 1. The summed E-state index contributed by atoms with van der Waals surface area (Å²) in [5.41, 5.74) is 1.94. The lowest BCUT2D eigenvalue weighted by Gasteiger charge is -1.91. The first-order chi connectivity index (χ1) is 8.74. The number of carboxylic acid groups (broad SMARTS) is 1. The van der Waals surface area contributed by atoms with E-state index < -0.39 is 5.97 Å². The van der Waals surface area contributed by atoms with Crippen molar-refractivity contribution >= 4 is 27.5 Å². The van der Waals surface area contributed by atoms with Gasteiger partial charge in [-0.2, -0.15) is 10.2 Å². The molecule has 0 saturated carbocycles. The van der Waals surface area contributed by atoms with Gasteiger partial charge in [-0.1, -0.05) is 0 Å². The van der Waals surface area contributed by atoms with Crippen molar-refractivity contribution < 1.29 is 9.90 Å². The largest absolute Gasteiger partial charge is 0.478 e. The van der Waals surface area contributed by atoms with Gasteiger partial charge in [-0.3, -0.25) is 0 Å². The summed E-state index contributed by atoms with van der Waals surface area (Å²) in [6, 6.07) is 6.72. The molecule has 0 unspecified atom stereocenters. The summed E-state index contributed by atoms with van der Waals surface area (Å²) in [7, 11) is 0. The molecule has 88 valence electrons. The van der Waals surface area contributed by atoms with Crippen LogP contribution in [0.25, 0.3) is 20.8 Å². The third-order valence-corrected chi connectivity index (χ3v) is 3.53. The van der Waals surface area contributed by atoms with Crippen LogP contribution < -0.4 is 0 Å². The standard InChI is InChI=1S/C12H7N3O2S/c16-12(17)7-1-2-9-10(5-7)18-11(15-9)8-3-4-13-14-6-8/h1-6H,(H,16,17). The Balaban J connectivity index is 2.14. The Morgan fingerprint density at radius 3 is 2.83 bits per heavy atom. The van der Waals surface area contributed by atoms with Crippen LogP contribution in [0.3, 0.4) is 0 Å². The molecule has 5 nitrogen and oxygen atoms in total. The van der Waals surface area contributed by atoms with Gasteiger partial charge in [0.2, 0.25) is 0 Å². The summed E-state index contributed by atoms with van der Waals surface area (Å²) in [4.78, 5) is 15.3. The number of hydrogen-bond donors (Lipinski definition) is 1. The number of hydrogen-bond acceptors (Lipinski definition) is 5. The molecule has 3 aromatic rings. The van der Waals surface area contributed by atoms with Crippen LogP contribution in [-0.2, 0) is 0 Å². The molecule has 0 spiro atoms. The van der Waals surface area contributed by atoms with E-state index in [1.807, 2.05) is 6.07 Å². The highest BCUT2D eigenvalue weighted by atomic mass is 32.1. The van der Waals surface area contributed by atoms with Gasteiger partial charge in [-0.05, 0) is 24.3 Å². The van der Waals surface area contributed by atoms with Crippen LogP contribution in [0.15, 0.2) is 36.7 Å². The fourth-order valence-electron chi connectivity index (χ4n) is 1.60. The lowest BCUT2D eigenvalue weighted by molar-refractivity contribution is 0.0697. The average molecular weight is 257 g/mol. The molecule has 1 N–H and O–H groups in total. The fraction of sp³-hybridized carbons (Fsp3) is 0. The maximum Gasteiger partial charge on any atom is 0.335 e. The number of carboxylic acids is 1. The quantitative estimate of drug-likeness (QED) is 0.763. The Kier molecular flexibility index (Phi) is 2.49. The zero-order valence-corrected chi connectivity index (χ0v) is 9.89. The molecule has 2 aromatic heterocycles. The van der Waals surface area contributed by atoms with Crippen LogP contribution in [-0.4, -0.2) is 26.3 Å². The van der Waals surface area contributed by atoms with Crippen LogP contribution in [0.4, 0.5) is 0 Å². The minimum absolute atomic E-state index is 0.269. The highest BCUT2D eigenvalue weighted by molar-refractivity contribution is 7.21. The molecule has 0 aliphatic carbocycles. The minimum Gasteiger partial charge on any atom is -0.478 e. The lowest BCUT2D eigenvalue weighted by atomic mass is 10.2. The van der Waals surface area contributed by atoms with Gasteiger partial charge in [0, 0.05) is 5.56 Å². The van der Waals surface area contributed by atoms with Gasteiger partial charge < -0.3 is 5.11 Å². The molecule has 1 aromatic carbocycles. The molecule has 18 heavy (non-hydrogen) atoms. The maximum atomic E-state index is 10.9. The van der Waals surface area contributed by atoms with Crippen molar-refractivity contribution in [3.63, 3.8) is 0 Å². The molecule has 0 atom stereocenters.